The molecular formula is C13H18N2S. The second kappa shape index (κ2) is 5.51. The zero-order chi connectivity index (χ0) is 11.4. The van der Waals surface area contributed by atoms with Crippen LogP contribution in [0.4, 0.5) is 0 Å². The molecule has 0 aliphatic carbocycles. The number of pyridine rings is 1. The van der Waals surface area contributed by atoms with E-state index in [4.69, 9.17) is 0 Å². The summed E-state index contributed by atoms with van der Waals surface area (Å²) in [5, 5.41) is 2.20. The zero-order valence-electron chi connectivity index (χ0n) is 9.89. The average molecular weight is 234 g/mol. The smallest absolute Gasteiger partial charge is 0.0404 e. The minimum atomic E-state index is 0.586. The van der Waals surface area contributed by atoms with E-state index >= 15 is 0 Å². The lowest BCUT2D eigenvalue weighted by molar-refractivity contribution is 0.294. The molecule has 0 bridgehead atoms. The molecule has 1 aromatic heterocycles. The highest BCUT2D eigenvalue weighted by Crippen LogP contribution is 2.19. The molecule has 0 aromatic carbocycles. The molecule has 2 rings (SSSR count). The van der Waals surface area contributed by atoms with Crippen molar-refractivity contribution < 1.29 is 0 Å². The summed E-state index contributed by atoms with van der Waals surface area (Å²) >= 11 is 1.89. The van der Waals surface area contributed by atoms with Gasteiger partial charge in [0, 0.05) is 30.2 Å². The van der Waals surface area contributed by atoms with E-state index in [9.17, 15) is 0 Å². The third-order valence-electron chi connectivity index (χ3n) is 2.91. The van der Waals surface area contributed by atoms with Crippen LogP contribution < -0.4 is 0 Å². The van der Waals surface area contributed by atoms with Gasteiger partial charge in [-0.25, -0.2) is 0 Å². The quantitative estimate of drug-likeness (QED) is 0.797. The van der Waals surface area contributed by atoms with Gasteiger partial charge in [0.2, 0.25) is 0 Å². The number of rotatable bonds is 4. The SMILES string of the molecule is CCc1cc(CN(C)C2C=CSC2)ccn1. The third kappa shape index (κ3) is 2.86. The second-order valence-electron chi connectivity index (χ2n) is 4.15. The van der Waals surface area contributed by atoms with Crippen LogP contribution in [0.25, 0.3) is 0 Å². The average Bonchev–Trinajstić information content (AvgIpc) is 2.83. The molecule has 0 amide bonds. The van der Waals surface area contributed by atoms with Crippen molar-refractivity contribution in [3.63, 3.8) is 0 Å². The predicted octanol–water partition coefficient (Wildman–Crippen LogP) is 2.70. The first-order chi connectivity index (χ1) is 7.79. The summed E-state index contributed by atoms with van der Waals surface area (Å²) in [4.78, 5) is 6.72. The molecule has 16 heavy (non-hydrogen) atoms. The van der Waals surface area contributed by atoms with E-state index in [1.54, 1.807) is 0 Å². The topological polar surface area (TPSA) is 16.1 Å². The van der Waals surface area contributed by atoms with Crippen molar-refractivity contribution in [1.29, 1.82) is 0 Å². The highest BCUT2D eigenvalue weighted by atomic mass is 32.2. The van der Waals surface area contributed by atoms with Crippen molar-refractivity contribution >= 4 is 11.8 Å². The van der Waals surface area contributed by atoms with E-state index in [-0.39, 0.29) is 0 Å². The molecule has 1 unspecified atom stereocenters. The first kappa shape index (κ1) is 11.7. The molecule has 0 radical (unpaired) electrons. The van der Waals surface area contributed by atoms with E-state index in [0.29, 0.717) is 6.04 Å². The third-order valence-corrected chi connectivity index (χ3v) is 3.79. The minimum absolute atomic E-state index is 0.586. The fourth-order valence-electron chi connectivity index (χ4n) is 1.86. The molecule has 0 N–H and O–H groups in total. The Hall–Kier alpha value is -0.800. The molecule has 0 spiro atoms. The van der Waals surface area contributed by atoms with Crippen LogP contribution in [0.1, 0.15) is 18.2 Å². The van der Waals surface area contributed by atoms with E-state index < -0.39 is 0 Å². The number of thioether (sulfide) groups is 1. The highest BCUT2D eigenvalue weighted by molar-refractivity contribution is 8.02. The first-order valence-electron chi connectivity index (χ1n) is 5.72. The number of nitrogens with zero attached hydrogens (tertiary/aromatic N) is 2. The highest BCUT2D eigenvalue weighted by Gasteiger charge is 2.15. The number of aromatic nitrogens is 1. The second-order valence-corrected chi connectivity index (χ2v) is 5.09. The first-order valence-corrected chi connectivity index (χ1v) is 6.77. The van der Waals surface area contributed by atoms with Crippen molar-refractivity contribution in [1.82, 2.24) is 9.88 Å². The summed E-state index contributed by atoms with van der Waals surface area (Å²) in [7, 11) is 2.19. The predicted molar refractivity (Wildman–Crippen MR) is 70.5 cm³/mol. The van der Waals surface area contributed by atoms with Gasteiger partial charge in [0.25, 0.3) is 0 Å². The lowest BCUT2D eigenvalue weighted by Gasteiger charge is -2.22. The largest absolute Gasteiger partial charge is 0.295 e. The van der Waals surface area contributed by atoms with Crippen LogP contribution >= 0.6 is 11.8 Å². The molecule has 1 aliphatic heterocycles. The Labute approximate surface area is 102 Å². The van der Waals surface area contributed by atoms with Crippen LogP contribution in [0.15, 0.2) is 29.8 Å². The van der Waals surface area contributed by atoms with Crippen LogP contribution in [0.5, 0.6) is 0 Å². The molecule has 2 nitrogen and oxygen atoms in total. The van der Waals surface area contributed by atoms with E-state index in [1.165, 1.54) is 17.0 Å². The molecule has 1 aromatic rings. The Morgan fingerprint density at radius 2 is 2.44 bits per heavy atom. The molecule has 1 atom stereocenters. The van der Waals surface area contributed by atoms with Crippen LogP contribution in [0, 0.1) is 0 Å². The summed E-state index contributed by atoms with van der Waals surface area (Å²) in [6, 6.07) is 4.91. The van der Waals surface area contributed by atoms with Gasteiger partial charge in [-0.15, -0.1) is 11.8 Å². The van der Waals surface area contributed by atoms with Crippen molar-refractivity contribution in [2.24, 2.45) is 0 Å². The summed E-state index contributed by atoms with van der Waals surface area (Å²) in [5.41, 5.74) is 2.54. The zero-order valence-corrected chi connectivity index (χ0v) is 10.7. The van der Waals surface area contributed by atoms with Crippen molar-refractivity contribution in [2.75, 3.05) is 12.8 Å². The monoisotopic (exact) mass is 234 g/mol. The number of hydrogen-bond donors (Lipinski definition) is 0. The number of aryl methyl sites for hydroxylation is 1. The minimum Gasteiger partial charge on any atom is -0.295 e. The summed E-state index contributed by atoms with van der Waals surface area (Å²) in [6.07, 6.45) is 5.21. The summed E-state index contributed by atoms with van der Waals surface area (Å²) < 4.78 is 0. The van der Waals surface area contributed by atoms with Crippen LogP contribution in [0.2, 0.25) is 0 Å². The van der Waals surface area contributed by atoms with Gasteiger partial charge in [-0.2, -0.15) is 0 Å². The maximum Gasteiger partial charge on any atom is 0.0404 e. The lowest BCUT2D eigenvalue weighted by atomic mass is 10.2. The van der Waals surface area contributed by atoms with Gasteiger partial charge >= 0.3 is 0 Å². The number of likely N-dealkylation sites (N-methyl/N-ethyl adjacent to an activating group) is 1. The van der Waals surface area contributed by atoms with Crippen molar-refractivity contribution in [3.8, 4) is 0 Å². The Morgan fingerprint density at radius 1 is 1.56 bits per heavy atom. The Kier molecular flexibility index (Phi) is 4.02. The maximum atomic E-state index is 4.33. The fraction of sp³-hybridized carbons (Fsp3) is 0.462. The van der Waals surface area contributed by atoms with Gasteiger partial charge in [-0.3, -0.25) is 9.88 Å². The summed E-state index contributed by atoms with van der Waals surface area (Å²) in [5.74, 6) is 1.18. The molecule has 3 heteroatoms. The van der Waals surface area contributed by atoms with E-state index in [0.717, 1.165) is 13.0 Å². The van der Waals surface area contributed by atoms with E-state index in [1.807, 2.05) is 18.0 Å². The van der Waals surface area contributed by atoms with Gasteiger partial charge in [-0.1, -0.05) is 13.0 Å². The fourth-order valence-corrected chi connectivity index (χ4v) is 2.82. The van der Waals surface area contributed by atoms with Crippen molar-refractivity contribution in [2.45, 2.75) is 25.9 Å². The van der Waals surface area contributed by atoms with Gasteiger partial charge in [-0.05, 0) is 36.6 Å². The van der Waals surface area contributed by atoms with Gasteiger partial charge in [0.15, 0.2) is 0 Å². The molecule has 86 valence electrons. The Bertz CT molecular complexity index is 376. The van der Waals surface area contributed by atoms with Crippen LogP contribution in [-0.2, 0) is 13.0 Å². The van der Waals surface area contributed by atoms with Crippen LogP contribution in [0.3, 0.4) is 0 Å². The molecule has 0 fully saturated rings. The molecule has 2 heterocycles. The Morgan fingerprint density at radius 3 is 3.12 bits per heavy atom. The van der Waals surface area contributed by atoms with Gasteiger partial charge in [0.1, 0.15) is 0 Å². The standard InChI is InChI=1S/C13H18N2S/c1-3-12-8-11(4-6-14-12)9-15(2)13-5-7-16-10-13/h4-8,13H,3,9-10H2,1-2H3. The number of hydrogen-bond acceptors (Lipinski definition) is 3. The van der Waals surface area contributed by atoms with Gasteiger partial charge < -0.3 is 0 Å². The Balaban J connectivity index is 1.99. The summed E-state index contributed by atoms with van der Waals surface area (Å²) in [6.45, 7) is 3.15. The van der Waals surface area contributed by atoms with Gasteiger partial charge in [0.05, 0.1) is 0 Å². The molecule has 0 saturated carbocycles. The molecule has 1 aliphatic rings. The van der Waals surface area contributed by atoms with Crippen molar-refractivity contribution in [3.05, 3.63) is 41.1 Å². The normalized spacial score (nSPS) is 19.6. The van der Waals surface area contributed by atoms with E-state index in [2.05, 4.69) is 47.5 Å². The van der Waals surface area contributed by atoms with Crippen LogP contribution in [-0.4, -0.2) is 28.7 Å². The maximum absolute atomic E-state index is 4.33. The molecule has 0 saturated heterocycles. The molecular weight excluding hydrogens is 216 g/mol. The lowest BCUT2D eigenvalue weighted by Crippen LogP contribution is -2.29.